The highest BCUT2D eigenvalue weighted by atomic mass is 14.7. The third kappa shape index (κ3) is 1.25. The highest BCUT2D eigenvalue weighted by molar-refractivity contribution is 5.42. The van der Waals surface area contributed by atoms with E-state index >= 15 is 0 Å². The molecule has 0 fully saturated rings. The van der Waals surface area contributed by atoms with Crippen LogP contribution in [0.15, 0.2) is 12.3 Å². The lowest BCUT2D eigenvalue weighted by molar-refractivity contribution is 0.895. The maximum absolute atomic E-state index is 5.60. The Hall–Kier alpha value is -0.920. The molecular weight excluding hydrogens is 112 g/mol. The molecule has 0 aliphatic rings. The van der Waals surface area contributed by atoms with Gasteiger partial charge in [-0.15, -0.1) is 0 Å². The molecule has 0 spiro atoms. The predicted molar refractivity (Wildman–Crippen MR) is 39.2 cm³/mol. The summed E-state index contributed by atoms with van der Waals surface area (Å²) in [5.41, 5.74) is 7.65. The molecule has 3 N–H and O–H groups in total. The van der Waals surface area contributed by atoms with Gasteiger partial charge in [0.1, 0.15) is 0 Å². The molecule has 1 aromatic rings. The second-order valence-electron chi connectivity index (χ2n) is 2.16. The Balaban J connectivity index is 2.69. The van der Waals surface area contributed by atoms with E-state index in [1.807, 2.05) is 12.3 Å². The fraction of sp³-hybridized carbons (Fsp3) is 0.429. The SMILES string of the molecule is CCCc1[nH]ccc1N. The molecule has 2 nitrogen and oxygen atoms in total. The van der Waals surface area contributed by atoms with E-state index in [1.165, 1.54) is 0 Å². The summed E-state index contributed by atoms with van der Waals surface area (Å²) in [4.78, 5) is 3.08. The number of H-pyrrole nitrogens is 1. The van der Waals surface area contributed by atoms with Gasteiger partial charge in [0.2, 0.25) is 0 Å². The van der Waals surface area contributed by atoms with Gasteiger partial charge in [-0.05, 0) is 12.5 Å². The van der Waals surface area contributed by atoms with Crippen LogP contribution in [0.5, 0.6) is 0 Å². The monoisotopic (exact) mass is 124 g/mol. The number of nitrogens with two attached hydrogens (primary N) is 1. The smallest absolute Gasteiger partial charge is 0.0524 e. The van der Waals surface area contributed by atoms with Crippen molar-refractivity contribution in [3.63, 3.8) is 0 Å². The van der Waals surface area contributed by atoms with Gasteiger partial charge < -0.3 is 10.7 Å². The molecule has 0 amide bonds. The molecule has 1 heterocycles. The number of aromatic nitrogens is 1. The van der Waals surface area contributed by atoms with Gasteiger partial charge >= 0.3 is 0 Å². The van der Waals surface area contributed by atoms with Gasteiger partial charge in [0.15, 0.2) is 0 Å². The Labute approximate surface area is 55.1 Å². The third-order valence-corrected chi connectivity index (χ3v) is 1.37. The van der Waals surface area contributed by atoms with Crippen molar-refractivity contribution in [3.8, 4) is 0 Å². The van der Waals surface area contributed by atoms with Gasteiger partial charge in [-0.2, -0.15) is 0 Å². The number of nitrogens with one attached hydrogen (secondary N) is 1. The molecule has 0 aromatic carbocycles. The second kappa shape index (κ2) is 2.58. The molecule has 1 rings (SSSR count). The van der Waals surface area contributed by atoms with Crippen molar-refractivity contribution in [1.82, 2.24) is 4.98 Å². The molecule has 0 aliphatic heterocycles. The van der Waals surface area contributed by atoms with Gasteiger partial charge in [0.25, 0.3) is 0 Å². The van der Waals surface area contributed by atoms with Crippen molar-refractivity contribution < 1.29 is 0 Å². The Morgan fingerprint density at radius 3 is 2.89 bits per heavy atom. The Bertz CT molecular complexity index is 179. The zero-order valence-corrected chi connectivity index (χ0v) is 5.65. The summed E-state index contributed by atoms with van der Waals surface area (Å²) < 4.78 is 0. The Morgan fingerprint density at radius 2 is 2.44 bits per heavy atom. The summed E-state index contributed by atoms with van der Waals surface area (Å²) in [6.45, 7) is 2.14. The van der Waals surface area contributed by atoms with E-state index in [-0.39, 0.29) is 0 Å². The van der Waals surface area contributed by atoms with Crippen molar-refractivity contribution in [2.75, 3.05) is 5.73 Å². The molecule has 0 saturated carbocycles. The lowest BCUT2D eigenvalue weighted by Crippen LogP contribution is -1.89. The minimum absolute atomic E-state index is 0.886. The molecule has 9 heavy (non-hydrogen) atoms. The van der Waals surface area contributed by atoms with Gasteiger partial charge in [-0.3, -0.25) is 0 Å². The van der Waals surface area contributed by atoms with Crippen molar-refractivity contribution in [2.45, 2.75) is 19.8 Å². The van der Waals surface area contributed by atoms with E-state index in [2.05, 4.69) is 11.9 Å². The van der Waals surface area contributed by atoms with Crippen molar-refractivity contribution in [2.24, 2.45) is 0 Å². The van der Waals surface area contributed by atoms with Crippen LogP contribution < -0.4 is 5.73 Å². The van der Waals surface area contributed by atoms with Crippen LogP contribution >= 0.6 is 0 Å². The van der Waals surface area contributed by atoms with Crippen LogP contribution in [0.1, 0.15) is 19.0 Å². The summed E-state index contributed by atoms with van der Waals surface area (Å²) in [5, 5.41) is 0. The summed E-state index contributed by atoms with van der Waals surface area (Å²) >= 11 is 0. The van der Waals surface area contributed by atoms with E-state index in [9.17, 15) is 0 Å². The van der Waals surface area contributed by atoms with Crippen molar-refractivity contribution in [3.05, 3.63) is 18.0 Å². The number of aromatic amines is 1. The Morgan fingerprint density at radius 1 is 1.67 bits per heavy atom. The first kappa shape index (κ1) is 6.20. The van der Waals surface area contributed by atoms with Crippen LogP contribution in [-0.4, -0.2) is 4.98 Å². The van der Waals surface area contributed by atoms with Gasteiger partial charge in [-0.1, -0.05) is 13.3 Å². The lowest BCUT2D eigenvalue weighted by atomic mass is 10.2. The number of hydrogen-bond donors (Lipinski definition) is 2. The second-order valence-corrected chi connectivity index (χ2v) is 2.16. The van der Waals surface area contributed by atoms with Crippen LogP contribution in [0.25, 0.3) is 0 Å². The molecule has 0 bridgehead atoms. The molecule has 2 heteroatoms. The minimum atomic E-state index is 0.886. The fourth-order valence-electron chi connectivity index (χ4n) is 0.882. The molecule has 0 unspecified atom stereocenters. The molecule has 0 saturated heterocycles. The normalized spacial score (nSPS) is 9.89. The van der Waals surface area contributed by atoms with E-state index in [0.717, 1.165) is 24.2 Å². The molecule has 50 valence electrons. The quantitative estimate of drug-likeness (QED) is 0.617. The molecule has 0 atom stereocenters. The van der Waals surface area contributed by atoms with E-state index in [0.29, 0.717) is 0 Å². The standard InChI is InChI=1S/C7H12N2/c1-2-3-7-6(8)4-5-9-7/h4-5,9H,2-3,8H2,1H3. The summed E-state index contributed by atoms with van der Waals surface area (Å²) in [6.07, 6.45) is 4.07. The zero-order chi connectivity index (χ0) is 6.69. The summed E-state index contributed by atoms with van der Waals surface area (Å²) in [6, 6.07) is 1.89. The number of anilines is 1. The highest BCUT2D eigenvalue weighted by Gasteiger charge is 1.95. The zero-order valence-electron chi connectivity index (χ0n) is 5.65. The molecular formula is C7H12N2. The summed E-state index contributed by atoms with van der Waals surface area (Å²) in [7, 11) is 0. The first-order valence-electron chi connectivity index (χ1n) is 3.26. The maximum atomic E-state index is 5.60. The van der Waals surface area contributed by atoms with Crippen LogP contribution in [0.3, 0.4) is 0 Å². The van der Waals surface area contributed by atoms with Gasteiger partial charge in [-0.25, -0.2) is 0 Å². The fourth-order valence-corrected chi connectivity index (χ4v) is 0.882. The Kier molecular flexibility index (Phi) is 1.78. The van der Waals surface area contributed by atoms with Gasteiger partial charge in [0, 0.05) is 11.9 Å². The van der Waals surface area contributed by atoms with Crippen molar-refractivity contribution >= 4 is 5.69 Å². The third-order valence-electron chi connectivity index (χ3n) is 1.37. The van der Waals surface area contributed by atoms with Crippen LogP contribution in [0, 0.1) is 0 Å². The van der Waals surface area contributed by atoms with Crippen LogP contribution in [0.2, 0.25) is 0 Å². The molecule has 0 radical (unpaired) electrons. The van der Waals surface area contributed by atoms with E-state index in [4.69, 9.17) is 5.73 Å². The molecule has 1 aromatic heterocycles. The minimum Gasteiger partial charge on any atom is -0.397 e. The van der Waals surface area contributed by atoms with Crippen LogP contribution in [0.4, 0.5) is 5.69 Å². The van der Waals surface area contributed by atoms with Crippen molar-refractivity contribution in [1.29, 1.82) is 0 Å². The number of nitrogen functional groups attached to an aromatic ring is 1. The highest BCUT2D eigenvalue weighted by Crippen LogP contribution is 2.09. The van der Waals surface area contributed by atoms with Crippen LogP contribution in [-0.2, 0) is 6.42 Å². The van der Waals surface area contributed by atoms with Gasteiger partial charge in [0.05, 0.1) is 5.69 Å². The maximum Gasteiger partial charge on any atom is 0.0524 e. The largest absolute Gasteiger partial charge is 0.397 e. The first-order valence-corrected chi connectivity index (χ1v) is 3.26. The van der Waals surface area contributed by atoms with E-state index in [1.54, 1.807) is 0 Å². The lowest BCUT2D eigenvalue weighted by Gasteiger charge is -1.93. The van der Waals surface area contributed by atoms with E-state index < -0.39 is 0 Å². The summed E-state index contributed by atoms with van der Waals surface area (Å²) in [5.74, 6) is 0. The number of aryl methyl sites for hydroxylation is 1. The first-order chi connectivity index (χ1) is 4.34. The predicted octanol–water partition coefficient (Wildman–Crippen LogP) is 1.55. The topological polar surface area (TPSA) is 41.8 Å². The molecule has 0 aliphatic carbocycles. The average molecular weight is 124 g/mol. The number of rotatable bonds is 2. The average Bonchev–Trinajstić information content (AvgIpc) is 2.18. The number of hydrogen-bond acceptors (Lipinski definition) is 1.